The van der Waals surface area contributed by atoms with Crippen molar-refractivity contribution in [3.8, 4) is 0 Å². The van der Waals surface area contributed by atoms with Crippen molar-refractivity contribution in [2.75, 3.05) is 7.11 Å². The maximum atomic E-state index is 11.6. The molecule has 0 bridgehead atoms. The summed E-state index contributed by atoms with van der Waals surface area (Å²) < 4.78 is 30.4. The Balaban J connectivity index is 3.53. The monoisotopic (exact) mass is 124 g/mol. The second-order valence-electron chi connectivity index (χ2n) is 0.952. The number of hydrogen-bond acceptors (Lipinski definition) is 2. The maximum Gasteiger partial charge on any atom is 0.534 e. The third-order valence-corrected chi connectivity index (χ3v) is 0.458. The van der Waals surface area contributed by atoms with Gasteiger partial charge >= 0.3 is 6.29 Å². The Morgan fingerprint density at radius 1 is 1.62 bits per heavy atom. The van der Waals surface area contributed by atoms with Crippen molar-refractivity contribution in [2.45, 2.75) is 6.29 Å². The Kier molecular flexibility index (Phi) is 2.41. The van der Waals surface area contributed by atoms with Crippen molar-refractivity contribution >= 4 is 0 Å². The molecule has 0 spiro atoms. The molecule has 0 aromatic carbocycles. The highest BCUT2D eigenvalue weighted by Crippen LogP contribution is 2.14. The third-order valence-electron chi connectivity index (χ3n) is 0.458. The summed E-state index contributed by atoms with van der Waals surface area (Å²) in [6, 6.07) is 0. The molecule has 0 unspecified atom stereocenters. The molecule has 0 amide bonds. The van der Waals surface area contributed by atoms with Gasteiger partial charge in [0.05, 0.1) is 6.26 Å². The zero-order valence-corrected chi connectivity index (χ0v) is 4.36. The van der Waals surface area contributed by atoms with Gasteiger partial charge in [-0.15, -0.1) is 8.78 Å². The number of ether oxygens (including phenoxy) is 2. The standard InChI is InChI=1S/C4H6F2O2/c1-3-8-4(5,6)7-2/h3H,1H2,2H3. The van der Waals surface area contributed by atoms with E-state index in [4.69, 9.17) is 0 Å². The average Bonchev–Trinajstić information content (AvgIpc) is 1.67. The number of rotatable bonds is 3. The fourth-order valence-corrected chi connectivity index (χ4v) is 0.145. The zero-order chi connectivity index (χ0) is 6.62. The minimum Gasteiger partial charge on any atom is -0.418 e. The summed E-state index contributed by atoms with van der Waals surface area (Å²) >= 11 is 0. The molecule has 4 heteroatoms. The van der Waals surface area contributed by atoms with Crippen molar-refractivity contribution in [1.29, 1.82) is 0 Å². The van der Waals surface area contributed by atoms with Gasteiger partial charge in [0.2, 0.25) is 0 Å². The van der Waals surface area contributed by atoms with Crippen LogP contribution in [0, 0.1) is 0 Å². The number of halogens is 2. The largest absolute Gasteiger partial charge is 0.534 e. The zero-order valence-electron chi connectivity index (χ0n) is 4.36. The van der Waals surface area contributed by atoms with Crippen LogP contribution < -0.4 is 0 Å². The highest BCUT2D eigenvalue weighted by molar-refractivity contribution is 4.49. The summed E-state index contributed by atoms with van der Waals surface area (Å²) in [6.07, 6.45) is -2.91. The first-order valence-corrected chi connectivity index (χ1v) is 1.84. The van der Waals surface area contributed by atoms with Gasteiger partial charge < -0.3 is 4.74 Å². The lowest BCUT2D eigenvalue weighted by atomic mass is 11.1. The molecule has 0 N–H and O–H groups in total. The molecule has 0 fully saturated rings. The van der Waals surface area contributed by atoms with Gasteiger partial charge in [0, 0.05) is 7.11 Å². The van der Waals surface area contributed by atoms with Crippen molar-refractivity contribution < 1.29 is 18.3 Å². The quantitative estimate of drug-likeness (QED) is 0.417. The van der Waals surface area contributed by atoms with Crippen LogP contribution in [0.2, 0.25) is 0 Å². The van der Waals surface area contributed by atoms with Crippen molar-refractivity contribution in [1.82, 2.24) is 0 Å². The van der Waals surface area contributed by atoms with Crippen LogP contribution in [0.1, 0.15) is 0 Å². The van der Waals surface area contributed by atoms with Crippen molar-refractivity contribution in [3.63, 3.8) is 0 Å². The number of hydrogen-bond donors (Lipinski definition) is 0. The van der Waals surface area contributed by atoms with E-state index >= 15 is 0 Å². The molecule has 0 aromatic heterocycles. The SMILES string of the molecule is C=COC(F)(F)OC. The summed E-state index contributed by atoms with van der Waals surface area (Å²) in [5, 5.41) is 0. The summed E-state index contributed by atoms with van der Waals surface area (Å²) in [5.41, 5.74) is 0. The highest BCUT2D eigenvalue weighted by atomic mass is 19.3. The average molecular weight is 124 g/mol. The minimum atomic E-state index is -3.53. The van der Waals surface area contributed by atoms with Crippen LogP contribution in [-0.2, 0) is 9.47 Å². The van der Waals surface area contributed by atoms with Crippen LogP contribution in [-0.4, -0.2) is 13.4 Å². The summed E-state index contributed by atoms with van der Waals surface area (Å²) in [5.74, 6) is 0. The first kappa shape index (κ1) is 7.36. The molecule has 0 saturated carbocycles. The van der Waals surface area contributed by atoms with E-state index in [0.29, 0.717) is 6.26 Å². The van der Waals surface area contributed by atoms with Gasteiger partial charge in [0.25, 0.3) is 0 Å². The van der Waals surface area contributed by atoms with Gasteiger partial charge in [0.1, 0.15) is 0 Å². The predicted molar refractivity (Wildman–Crippen MR) is 23.2 cm³/mol. The Labute approximate surface area is 45.7 Å². The van der Waals surface area contributed by atoms with Crippen LogP contribution in [0.25, 0.3) is 0 Å². The van der Waals surface area contributed by atoms with E-state index in [1.165, 1.54) is 0 Å². The number of alkyl halides is 2. The lowest BCUT2D eigenvalue weighted by molar-refractivity contribution is -0.361. The minimum absolute atomic E-state index is 0.615. The van der Waals surface area contributed by atoms with Gasteiger partial charge in [-0.25, -0.2) is 0 Å². The second kappa shape index (κ2) is 2.61. The molecule has 0 aliphatic carbocycles. The molecule has 2 nitrogen and oxygen atoms in total. The fourth-order valence-electron chi connectivity index (χ4n) is 0.145. The topological polar surface area (TPSA) is 18.5 Å². The molecular formula is C4H6F2O2. The maximum absolute atomic E-state index is 11.6. The van der Waals surface area contributed by atoms with Crippen LogP contribution in [0.3, 0.4) is 0 Å². The highest BCUT2D eigenvalue weighted by Gasteiger charge is 2.29. The molecule has 0 aliphatic heterocycles. The van der Waals surface area contributed by atoms with Crippen LogP contribution >= 0.6 is 0 Å². The smallest absolute Gasteiger partial charge is 0.418 e. The van der Waals surface area contributed by atoms with E-state index in [9.17, 15) is 8.78 Å². The Morgan fingerprint density at radius 2 is 2.12 bits per heavy atom. The molecule has 0 heterocycles. The van der Waals surface area contributed by atoms with Gasteiger partial charge in [0.15, 0.2) is 0 Å². The first-order chi connectivity index (χ1) is 3.62. The fraction of sp³-hybridized carbons (Fsp3) is 0.500. The molecule has 0 radical (unpaired) electrons. The van der Waals surface area contributed by atoms with Crippen LogP contribution in [0.5, 0.6) is 0 Å². The molecule has 0 rings (SSSR count). The lowest BCUT2D eigenvalue weighted by Gasteiger charge is -2.09. The molecule has 0 saturated heterocycles. The summed E-state index contributed by atoms with van der Waals surface area (Å²) in [6.45, 7) is 2.91. The summed E-state index contributed by atoms with van der Waals surface area (Å²) in [7, 11) is 0.837. The van der Waals surface area contributed by atoms with E-state index in [2.05, 4.69) is 16.1 Å². The Bertz CT molecular complexity index is 82.1. The summed E-state index contributed by atoms with van der Waals surface area (Å²) in [4.78, 5) is 0. The third kappa shape index (κ3) is 2.52. The van der Waals surface area contributed by atoms with Gasteiger partial charge in [-0.1, -0.05) is 6.58 Å². The molecule has 8 heavy (non-hydrogen) atoms. The van der Waals surface area contributed by atoms with E-state index in [-0.39, 0.29) is 0 Å². The second-order valence-corrected chi connectivity index (χ2v) is 0.952. The molecule has 0 aromatic rings. The number of methoxy groups -OCH3 is 1. The van der Waals surface area contributed by atoms with Gasteiger partial charge in [-0.3, -0.25) is 4.74 Å². The van der Waals surface area contributed by atoms with Gasteiger partial charge in [-0.2, -0.15) is 0 Å². The molecule has 0 aliphatic rings. The predicted octanol–water partition coefficient (Wildman–Crippen LogP) is 1.34. The van der Waals surface area contributed by atoms with E-state index < -0.39 is 6.29 Å². The van der Waals surface area contributed by atoms with Gasteiger partial charge in [-0.05, 0) is 0 Å². The van der Waals surface area contributed by atoms with E-state index in [1.54, 1.807) is 0 Å². The molecular weight excluding hydrogens is 118 g/mol. The van der Waals surface area contributed by atoms with E-state index in [0.717, 1.165) is 7.11 Å². The van der Waals surface area contributed by atoms with Crippen LogP contribution in [0.4, 0.5) is 8.78 Å². The van der Waals surface area contributed by atoms with E-state index in [1.807, 2.05) is 0 Å². The van der Waals surface area contributed by atoms with Crippen molar-refractivity contribution in [3.05, 3.63) is 12.8 Å². The normalized spacial score (nSPS) is 10.9. The first-order valence-electron chi connectivity index (χ1n) is 1.84. The Morgan fingerprint density at radius 3 is 2.25 bits per heavy atom. The van der Waals surface area contributed by atoms with Crippen LogP contribution in [0.15, 0.2) is 12.8 Å². The molecule has 48 valence electrons. The molecule has 0 atom stereocenters. The Hall–Kier alpha value is -0.640. The van der Waals surface area contributed by atoms with Crippen molar-refractivity contribution in [2.24, 2.45) is 0 Å². The lowest BCUT2D eigenvalue weighted by Crippen LogP contribution is -2.19.